The first-order chi connectivity index (χ1) is 15.9. The number of carbonyl (C=O) groups excluding carboxylic acids is 1. The van der Waals surface area contributed by atoms with Crippen molar-refractivity contribution in [3.8, 4) is 11.5 Å². The van der Waals surface area contributed by atoms with Crippen LogP contribution in [-0.4, -0.2) is 61.4 Å². The van der Waals surface area contributed by atoms with Crippen molar-refractivity contribution in [3.05, 3.63) is 59.2 Å². The van der Waals surface area contributed by atoms with Crippen molar-refractivity contribution in [2.75, 3.05) is 27.8 Å². The zero-order valence-electron chi connectivity index (χ0n) is 19.1. The maximum Gasteiger partial charge on any atom is 0.336 e. The third-order valence-corrected chi connectivity index (χ3v) is 7.05. The topological polar surface area (TPSA) is 100 Å². The van der Waals surface area contributed by atoms with Crippen LogP contribution in [0.4, 0.5) is 0 Å². The van der Waals surface area contributed by atoms with E-state index in [1.807, 2.05) is 6.07 Å². The Labute approximate surface area is 193 Å². The molecular formula is C25H29N3O5. The number of hydrogen-bond donors (Lipinski definition) is 2. The Morgan fingerprint density at radius 2 is 1.82 bits per heavy atom. The highest BCUT2D eigenvalue weighted by Crippen LogP contribution is 2.49. The van der Waals surface area contributed by atoms with Crippen molar-refractivity contribution in [2.24, 2.45) is 5.10 Å². The number of likely N-dealkylation sites (tertiary alicyclic amines) is 1. The van der Waals surface area contributed by atoms with E-state index in [-0.39, 0.29) is 22.6 Å². The standard InChI is InChI=1S/C25H29N3O5/c1-28-13-12-25(16-8-9-20(32-2)21(14-16)33-3)11-10-17(15-22(25)28)26-27-23(29)18-6-4-5-7-19(18)24(30)31/h4-9,14,22H,10-13,15H2,1-3H3,(H,27,29)(H,30,31)/b26-17+/t22-,25-/m0/s1. The number of fused-ring (bicyclic) bond motifs is 1. The van der Waals surface area contributed by atoms with Crippen LogP contribution in [0, 0.1) is 0 Å². The zero-order valence-corrected chi connectivity index (χ0v) is 19.1. The van der Waals surface area contributed by atoms with Gasteiger partial charge in [0.25, 0.3) is 5.91 Å². The van der Waals surface area contributed by atoms with Crippen LogP contribution in [0.1, 0.15) is 52.0 Å². The van der Waals surface area contributed by atoms with Crippen LogP contribution < -0.4 is 14.9 Å². The highest BCUT2D eigenvalue weighted by molar-refractivity contribution is 6.05. The molecule has 33 heavy (non-hydrogen) atoms. The molecule has 2 atom stereocenters. The minimum Gasteiger partial charge on any atom is -0.493 e. The molecule has 0 bridgehead atoms. The quantitative estimate of drug-likeness (QED) is 0.654. The number of nitrogens with one attached hydrogen (secondary N) is 1. The number of benzene rings is 2. The first-order valence-electron chi connectivity index (χ1n) is 11.0. The number of amides is 1. The second-order valence-corrected chi connectivity index (χ2v) is 8.65. The Kier molecular flexibility index (Phi) is 6.37. The Morgan fingerprint density at radius 3 is 2.52 bits per heavy atom. The van der Waals surface area contributed by atoms with Gasteiger partial charge in [0.05, 0.1) is 25.3 Å². The number of aromatic carboxylic acids is 1. The summed E-state index contributed by atoms with van der Waals surface area (Å²) in [5.74, 6) is -0.222. The molecule has 0 aromatic heterocycles. The maximum atomic E-state index is 12.6. The van der Waals surface area contributed by atoms with E-state index < -0.39 is 11.9 Å². The van der Waals surface area contributed by atoms with E-state index in [4.69, 9.17) is 9.47 Å². The summed E-state index contributed by atoms with van der Waals surface area (Å²) in [6.45, 7) is 0.977. The molecule has 1 amide bonds. The van der Waals surface area contributed by atoms with Crippen molar-refractivity contribution < 1.29 is 24.2 Å². The molecule has 1 aliphatic heterocycles. The second kappa shape index (κ2) is 9.23. The van der Waals surface area contributed by atoms with E-state index in [0.717, 1.165) is 43.7 Å². The number of methoxy groups -OCH3 is 2. The third-order valence-electron chi connectivity index (χ3n) is 7.05. The predicted octanol–water partition coefficient (Wildman–Crippen LogP) is 3.31. The first-order valence-corrected chi connectivity index (χ1v) is 11.0. The Hall–Kier alpha value is -3.39. The normalized spacial score (nSPS) is 23.7. The minimum atomic E-state index is -1.14. The molecular weight excluding hydrogens is 422 g/mol. The largest absolute Gasteiger partial charge is 0.493 e. The van der Waals surface area contributed by atoms with Crippen molar-refractivity contribution in [1.82, 2.24) is 10.3 Å². The van der Waals surface area contributed by atoms with Gasteiger partial charge < -0.3 is 19.5 Å². The average Bonchev–Trinajstić information content (AvgIpc) is 3.18. The summed E-state index contributed by atoms with van der Waals surface area (Å²) in [6.07, 6.45) is 3.42. The molecule has 1 aliphatic carbocycles. The number of carbonyl (C=O) groups is 2. The molecule has 2 aliphatic rings. The smallest absolute Gasteiger partial charge is 0.336 e. The van der Waals surface area contributed by atoms with E-state index in [0.29, 0.717) is 5.75 Å². The average molecular weight is 452 g/mol. The lowest BCUT2D eigenvalue weighted by molar-refractivity contribution is 0.0691. The van der Waals surface area contributed by atoms with Gasteiger partial charge in [-0.2, -0.15) is 5.10 Å². The molecule has 2 aromatic rings. The van der Waals surface area contributed by atoms with E-state index in [1.165, 1.54) is 17.7 Å². The summed E-state index contributed by atoms with van der Waals surface area (Å²) < 4.78 is 11.0. The van der Waals surface area contributed by atoms with Gasteiger partial charge in [0.2, 0.25) is 0 Å². The van der Waals surface area contributed by atoms with E-state index in [2.05, 4.69) is 34.6 Å². The van der Waals surface area contributed by atoms with Crippen LogP contribution in [0.3, 0.4) is 0 Å². The fourth-order valence-electron chi connectivity index (χ4n) is 5.24. The van der Waals surface area contributed by atoms with Crippen LogP contribution in [0.5, 0.6) is 11.5 Å². The van der Waals surface area contributed by atoms with Gasteiger partial charge in [-0.25, -0.2) is 10.2 Å². The van der Waals surface area contributed by atoms with Gasteiger partial charge in [0.15, 0.2) is 11.5 Å². The summed E-state index contributed by atoms with van der Waals surface area (Å²) in [5.41, 5.74) is 4.75. The van der Waals surface area contributed by atoms with Gasteiger partial charge in [-0.05, 0) is 62.7 Å². The Balaban J connectivity index is 1.55. The molecule has 2 fully saturated rings. The minimum absolute atomic E-state index is 0.0206. The SMILES string of the molecule is COc1ccc([C@@]23CC/C(=N\NC(=O)c4ccccc4C(=O)O)C[C@@H]2N(C)CC3)cc1OC. The fraction of sp³-hybridized carbons (Fsp3) is 0.400. The number of carboxylic acids is 1. The summed E-state index contributed by atoms with van der Waals surface area (Å²) in [5, 5.41) is 13.7. The lowest BCUT2D eigenvalue weighted by Crippen LogP contribution is -2.46. The first kappa shape index (κ1) is 22.8. The highest BCUT2D eigenvalue weighted by Gasteiger charge is 2.50. The number of hydrazone groups is 1. The van der Waals surface area contributed by atoms with E-state index in [1.54, 1.807) is 26.4 Å². The molecule has 0 spiro atoms. The number of nitrogens with zero attached hydrogens (tertiary/aromatic N) is 2. The molecule has 1 saturated heterocycles. The number of carboxylic acid groups (broad SMARTS) is 1. The van der Waals surface area contributed by atoms with Crippen LogP contribution >= 0.6 is 0 Å². The number of likely N-dealkylation sites (N-methyl/N-ethyl adjacent to an activating group) is 1. The van der Waals surface area contributed by atoms with Crippen molar-refractivity contribution in [3.63, 3.8) is 0 Å². The van der Waals surface area contributed by atoms with Crippen LogP contribution in [0.15, 0.2) is 47.6 Å². The highest BCUT2D eigenvalue weighted by atomic mass is 16.5. The Bertz CT molecular complexity index is 1100. The third kappa shape index (κ3) is 4.18. The molecule has 174 valence electrons. The Morgan fingerprint density at radius 1 is 1.09 bits per heavy atom. The number of hydrogen-bond acceptors (Lipinski definition) is 6. The molecule has 2 aromatic carbocycles. The molecule has 8 heteroatoms. The second-order valence-electron chi connectivity index (χ2n) is 8.65. The van der Waals surface area contributed by atoms with Crippen LogP contribution in [0.25, 0.3) is 0 Å². The summed E-state index contributed by atoms with van der Waals surface area (Å²) in [4.78, 5) is 26.4. The molecule has 1 saturated carbocycles. The molecule has 2 N–H and O–H groups in total. The summed E-state index contributed by atoms with van der Waals surface area (Å²) >= 11 is 0. The molecule has 4 rings (SSSR count). The molecule has 1 heterocycles. The van der Waals surface area contributed by atoms with Gasteiger partial charge in [-0.1, -0.05) is 18.2 Å². The zero-order chi connectivity index (χ0) is 23.6. The summed E-state index contributed by atoms with van der Waals surface area (Å²) in [6, 6.07) is 12.5. The van der Waals surface area contributed by atoms with Gasteiger partial charge in [0, 0.05) is 23.6 Å². The van der Waals surface area contributed by atoms with E-state index >= 15 is 0 Å². The molecule has 0 unspecified atom stereocenters. The molecule has 0 radical (unpaired) electrons. The van der Waals surface area contributed by atoms with Gasteiger partial charge in [0.1, 0.15) is 0 Å². The lowest BCUT2D eigenvalue weighted by Gasteiger charge is -2.42. The van der Waals surface area contributed by atoms with Gasteiger partial charge in [-0.15, -0.1) is 0 Å². The van der Waals surface area contributed by atoms with E-state index in [9.17, 15) is 14.7 Å². The number of ether oxygens (including phenoxy) is 2. The summed E-state index contributed by atoms with van der Waals surface area (Å²) in [7, 11) is 5.40. The lowest BCUT2D eigenvalue weighted by atomic mass is 9.65. The van der Waals surface area contributed by atoms with Crippen LogP contribution in [-0.2, 0) is 5.41 Å². The monoisotopic (exact) mass is 451 g/mol. The fourth-order valence-corrected chi connectivity index (χ4v) is 5.24. The van der Waals surface area contributed by atoms with Crippen molar-refractivity contribution in [2.45, 2.75) is 37.1 Å². The van der Waals surface area contributed by atoms with Crippen LogP contribution in [0.2, 0.25) is 0 Å². The maximum absolute atomic E-state index is 12.6. The molecule has 8 nitrogen and oxygen atoms in total. The van der Waals surface area contributed by atoms with Gasteiger partial charge in [-0.3, -0.25) is 4.79 Å². The van der Waals surface area contributed by atoms with Crippen molar-refractivity contribution >= 4 is 17.6 Å². The van der Waals surface area contributed by atoms with Gasteiger partial charge >= 0.3 is 5.97 Å². The predicted molar refractivity (Wildman–Crippen MR) is 124 cm³/mol. The number of rotatable bonds is 6. The van der Waals surface area contributed by atoms with Crippen molar-refractivity contribution in [1.29, 1.82) is 0 Å².